The first kappa shape index (κ1) is 43.7. The molecule has 3 aliphatic carbocycles. The highest BCUT2D eigenvalue weighted by Gasteiger charge is 2.46. The van der Waals surface area contributed by atoms with Crippen LogP contribution in [0.5, 0.6) is 28.7 Å². The fourth-order valence-corrected chi connectivity index (χ4v) is 12.1. The van der Waals surface area contributed by atoms with Gasteiger partial charge in [0, 0.05) is 16.7 Å². The zero-order valence-electron chi connectivity index (χ0n) is 37.6. The number of benzene rings is 5. The van der Waals surface area contributed by atoms with Crippen molar-refractivity contribution < 1.29 is 25.5 Å². The fraction of sp³-hybridized carbons (Fsp3) is 0.474. The molecule has 0 heterocycles. The molecule has 0 bridgehead atoms. The van der Waals surface area contributed by atoms with E-state index in [1.54, 1.807) is 6.07 Å². The van der Waals surface area contributed by atoms with Crippen LogP contribution in [0.15, 0.2) is 78.9 Å². The lowest BCUT2D eigenvalue weighted by Gasteiger charge is -2.42. The van der Waals surface area contributed by atoms with Crippen LogP contribution in [0.3, 0.4) is 0 Å². The van der Waals surface area contributed by atoms with Gasteiger partial charge in [-0.3, -0.25) is 0 Å². The summed E-state index contributed by atoms with van der Waals surface area (Å²) in [5, 5.41) is 61.5. The van der Waals surface area contributed by atoms with E-state index < -0.39 is 5.41 Å². The summed E-state index contributed by atoms with van der Waals surface area (Å²) in [5.74, 6) is 1.88. The largest absolute Gasteiger partial charge is 0.508 e. The predicted molar refractivity (Wildman–Crippen MR) is 253 cm³/mol. The number of phenols is 5. The van der Waals surface area contributed by atoms with E-state index in [0.717, 1.165) is 140 Å². The highest BCUT2D eigenvalue weighted by molar-refractivity contribution is 5.80. The standard InChI is InChI=1S/C57H70O5/c1-4-19-41-32-54(60)46(39-23-12-8-13-24-39)35-50(41)57(48-28-16-17-30-52(48)58,51-36-47(40-25-14-9-15-26-40)55(61)33-42(51)20-5-2)49-29-18-27-43(56(49)62)44-34-45(38-21-10-7-11-22-38)53(59)31-37(44)6-3/h16-18,27-36,38-40,58-62H,4-15,19-26H2,1-3H3. The van der Waals surface area contributed by atoms with Crippen LogP contribution in [-0.4, -0.2) is 25.5 Å². The second-order valence-corrected chi connectivity index (χ2v) is 19.0. The number of aryl methyl sites for hydroxylation is 3. The minimum atomic E-state index is -1.27. The summed E-state index contributed by atoms with van der Waals surface area (Å²) in [6.07, 6.45) is 20.1. The fourth-order valence-electron chi connectivity index (χ4n) is 12.1. The van der Waals surface area contributed by atoms with Crippen LogP contribution in [-0.2, 0) is 24.7 Å². The van der Waals surface area contributed by atoms with Crippen molar-refractivity contribution in [3.63, 3.8) is 0 Å². The molecular formula is C57H70O5. The molecule has 3 fully saturated rings. The van der Waals surface area contributed by atoms with Gasteiger partial charge in [0.2, 0.25) is 0 Å². The molecule has 5 heteroatoms. The van der Waals surface area contributed by atoms with Gasteiger partial charge in [0.25, 0.3) is 0 Å². The molecule has 328 valence electrons. The maximum atomic E-state index is 13.5. The minimum absolute atomic E-state index is 0.125. The van der Waals surface area contributed by atoms with Gasteiger partial charge in [-0.15, -0.1) is 0 Å². The van der Waals surface area contributed by atoms with Crippen molar-refractivity contribution in [1.29, 1.82) is 0 Å². The van der Waals surface area contributed by atoms with E-state index in [1.807, 2.05) is 48.5 Å². The average molecular weight is 835 g/mol. The molecule has 5 nitrogen and oxygen atoms in total. The van der Waals surface area contributed by atoms with Crippen molar-refractivity contribution in [1.82, 2.24) is 0 Å². The Morgan fingerprint density at radius 2 is 0.855 bits per heavy atom. The smallest absolute Gasteiger partial charge is 0.128 e. The number of rotatable bonds is 13. The Labute approximate surface area is 370 Å². The Morgan fingerprint density at radius 1 is 0.419 bits per heavy atom. The van der Waals surface area contributed by atoms with Crippen molar-refractivity contribution in [2.24, 2.45) is 0 Å². The maximum Gasteiger partial charge on any atom is 0.128 e. The summed E-state index contributed by atoms with van der Waals surface area (Å²) in [5.41, 5.74) is 9.30. The number of para-hydroxylation sites is 2. The van der Waals surface area contributed by atoms with E-state index in [1.165, 1.54) is 19.3 Å². The van der Waals surface area contributed by atoms with Gasteiger partial charge in [-0.1, -0.05) is 128 Å². The molecule has 0 saturated heterocycles. The first-order valence-corrected chi connectivity index (χ1v) is 24.4. The third-order valence-corrected chi connectivity index (χ3v) is 15.2. The molecule has 0 aromatic heterocycles. The molecular weight excluding hydrogens is 765 g/mol. The Balaban J connectivity index is 1.53. The number of phenolic OH excluding ortho intramolecular Hbond substituents is 5. The lowest BCUT2D eigenvalue weighted by Crippen LogP contribution is -2.34. The highest BCUT2D eigenvalue weighted by Crippen LogP contribution is 2.57. The lowest BCUT2D eigenvalue weighted by molar-refractivity contribution is 0.411. The zero-order valence-corrected chi connectivity index (χ0v) is 37.6. The number of hydrogen-bond acceptors (Lipinski definition) is 5. The topological polar surface area (TPSA) is 101 Å². The van der Waals surface area contributed by atoms with E-state index >= 15 is 0 Å². The van der Waals surface area contributed by atoms with Gasteiger partial charge in [0.1, 0.15) is 28.7 Å². The molecule has 5 aromatic rings. The van der Waals surface area contributed by atoms with Gasteiger partial charge in [0.05, 0.1) is 5.41 Å². The highest BCUT2D eigenvalue weighted by atomic mass is 16.3. The van der Waals surface area contributed by atoms with Crippen molar-refractivity contribution in [2.75, 3.05) is 0 Å². The number of aromatic hydroxyl groups is 5. The Hall–Kier alpha value is -4.90. The van der Waals surface area contributed by atoms with E-state index in [9.17, 15) is 25.5 Å². The van der Waals surface area contributed by atoms with Crippen LogP contribution >= 0.6 is 0 Å². The molecule has 62 heavy (non-hydrogen) atoms. The van der Waals surface area contributed by atoms with Crippen LogP contribution in [0.1, 0.15) is 203 Å². The van der Waals surface area contributed by atoms with Gasteiger partial charge >= 0.3 is 0 Å². The molecule has 0 atom stereocenters. The minimum Gasteiger partial charge on any atom is -0.508 e. The van der Waals surface area contributed by atoms with Crippen molar-refractivity contribution in [2.45, 2.75) is 172 Å². The molecule has 0 aliphatic heterocycles. The van der Waals surface area contributed by atoms with Gasteiger partial charge in [-0.2, -0.15) is 0 Å². The second-order valence-electron chi connectivity index (χ2n) is 19.0. The molecule has 3 saturated carbocycles. The van der Waals surface area contributed by atoms with Crippen LogP contribution in [0.25, 0.3) is 11.1 Å². The molecule has 0 unspecified atom stereocenters. The third-order valence-electron chi connectivity index (χ3n) is 15.2. The summed E-state index contributed by atoms with van der Waals surface area (Å²) in [7, 11) is 0. The molecule has 5 N–H and O–H groups in total. The Kier molecular flexibility index (Phi) is 13.6. The van der Waals surface area contributed by atoms with E-state index in [4.69, 9.17) is 0 Å². The third kappa shape index (κ3) is 8.22. The molecule has 0 spiro atoms. The first-order valence-electron chi connectivity index (χ1n) is 24.4. The Bertz CT molecular complexity index is 2260. The Morgan fingerprint density at radius 3 is 1.31 bits per heavy atom. The summed E-state index contributed by atoms with van der Waals surface area (Å²) in [6, 6.07) is 26.3. The predicted octanol–water partition coefficient (Wildman–Crippen LogP) is 14.9. The van der Waals surface area contributed by atoms with Crippen molar-refractivity contribution in [3.8, 4) is 39.9 Å². The maximum absolute atomic E-state index is 13.5. The van der Waals surface area contributed by atoms with Gasteiger partial charge < -0.3 is 25.5 Å². The van der Waals surface area contributed by atoms with E-state index in [2.05, 4.69) is 45.0 Å². The summed E-state index contributed by atoms with van der Waals surface area (Å²) in [6.45, 7) is 6.44. The van der Waals surface area contributed by atoms with Crippen LogP contribution in [0, 0.1) is 0 Å². The molecule has 3 aliphatic rings. The summed E-state index contributed by atoms with van der Waals surface area (Å²) >= 11 is 0. The average Bonchev–Trinajstić information content (AvgIpc) is 3.29. The summed E-state index contributed by atoms with van der Waals surface area (Å²) < 4.78 is 0. The van der Waals surface area contributed by atoms with E-state index in [0.29, 0.717) is 53.2 Å². The number of hydrogen-bond donors (Lipinski definition) is 5. The van der Waals surface area contributed by atoms with Gasteiger partial charge in [-0.25, -0.2) is 0 Å². The van der Waals surface area contributed by atoms with Crippen LogP contribution in [0.2, 0.25) is 0 Å². The van der Waals surface area contributed by atoms with E-state index in [-0.39, 0.29) is 29.3 Å². The summed E-state index contributed by atoms with van der Waals surface area (Å²) in [4.78, 5) is 0. The zero-order chi connectivity index (χ0) is 43.4. The van der Waals surface area contributed by atoms with Crippen molar-refractivity contribution in [3.05, 3.63) is 134 Å². The first-order chi connectivity index (χ1) is 30.2. The van der Waals surface area contributed by atoms with Crippen LogP contribution < -0.4 is 0 Å². The molecule has 0 amide bonds. The normalized spacial score (nSPS) is 17.1. The molecule has 0 radical (unpaired) electrons. The van der Waals surface area contributed by atoms with Gasteiger partial charge in [-0.05, 0) is 168 Å². The quantitative estimate of drug-likeness (QED) is 0.0761. The molecule has 5 aromatic carbocycles. The monoisotopic (exact) mass is 835 g/mol. The lowest BCUT2D eigenvalue weighted by atomic mass is 9.60. The van der Waals surface area contributed by atoms with Crippen LogP contribution in [0.4, 0.5) is 0 Å². The van der Waals surface area contributed by atoms with Crippen molar-refractivity contribution >= 4 is 0 Å². The van der Waals surface area contributed by atoms with Gasteiger partial charge in [0.15, 0.2) is 0 Å². The SMILES string of the molecule is CCCc1cc(O)c(C2CCCCC2)cc1C(c1ccccc1O)(c1cc(C2CCCCC2)c(O)cc1CCC)c1cccc(-c2cc(C3CCCCC3)c(O)cc2CC)c1O. The second kappa shape index (κ2) is 19.2. The molecule has 8 rings (SSSR count).